The molecule has 1 aliphatic heterocycles. The Morgan fingerprint density at radius 3 is 2.38 bits per heavy atom. The van der Waals surface area contributed by atoms with Crippen LogP contribution in [0.1, 0.15) is 27.2 Å². The molecule has 1 aliphatic rings. The molecule has 0 aromatic rings. The van der Waals surface area contributed by atoms with E-state index >= 15 is 0 Å². The summed E-state index contributed by atoms with van der Waals surface area (Å²) in [5, 5.41) is 0. The van der Waals surface area contributed by atoms with Crippen molar-refractivity contribution in [3.63, 3.8) is 0 Å². The van der Waals surface area contributed by atoms with Gasteiger partial charge in [-0.3, -0.25) is 4.79 Å². The molecule has 0 radical (unpaired) electrons. The van der Waals surface area contributed by atoms with E-state index in [9.17, 15) is 4.79 Å². The highest BCUT2D eigenvalue weighted by molar-refractivity contribution is 5.85. The lowest BCUT2D eigenvalue weighted by molar-refractivity contribution is -0.136. The Morgan fingerprint density at radius 2 is 2.08 bits per heavy atom. The normalized spacial score (nSPS) is 29.5. The van der Waals surface area contributed by atoms with Crippen LogP contribution in [0.3, 0.4) is 0 Å². The van der Waals surface area contributed by atoms with Crippen LogP contribution in [0.25, 0.3) is 0 Å². The predicted octanol–water partition coefficient (Wildman–Crippen LogP) is -0.328. The number of amides is 1. The van der Waals surface area contributed by atoms with Crippen molar-refractivity contribution in [2.75, 3.05) is 6.54 Å². The monoisotopic (exact) mass is 185 g/mol. The smallest absolute Gasteiger partial charge is 0.242 e. The average Bonchev–Trinajstić information content (AvgIpc) is 2.30. The highest BCUT2D eigenvalue weighted by Crippen LogP contribution is 2.18. The minimum Gasteiger partial charge on any atom is -0.337 e. The Labute approximate surface area is 79.3 Å². The van der Waals surface area contributed by atoms with Gasteiger partial charge in [-0.25, -0.2) is 0 Å². The van der Waals surface area contributed by atoms with E-state index in [4.69, 9.17) is 11.5 Å². The second kappa shape index (κ2) is 3.27. The Kier molecular flexibility index (Phi) is 2.63. The highest BCUT2D eigenvalue weighted by Gasteiger charge is 2.36. The molecule has 1 rings (SSSR count). The number of likely N-dealkylation sites (tertiary alicyclic amines) is 1. The lowest BCUT2D eigenvalue weighted by atomic mass is 10.0. The van der Waals surface area contributed by atoms with Crippen LogP contribution < -0.4 is 11.5 Å². The Morgan fingerprint density at radius 1 is 1.54 bits per heavy atom. The van der Waals surface area contributed by atoms with Gasteiger partial charge in [0.2, 0.25) is 5.91 Å². The van der Waals surface area contributed by atoms with Gasteiger partial charge in [0.1, 0.15) is 0 Å². The molecule has 1 heterocycles. The third kappa shape index (κ3) is 2.00. The summed E-state index contributed by atoms with van der Waals surface area (Å²) in [6.07, 6.45) is 0.878. The van der Waals surface area contributed by atoms with Crippen molar-refractivity contribution in [1.82, 2.24) is 4.90 Å². The molecule has 0 aromatic heterocycles. The summed E-state index contributed by atoms with van der Waals surface area (Å²) in [5.41, 5.74) is 10.8. The minimum atomic E-state index is -0.779. The minimum absolute atomic E-state index is 0.00653. The van der Waals surface area contributed by atoms with Gasteiger partial charge in [-0.05, 0) is 27.2 Å². The molecule has 1 saturated heterocycles. The molecule has 76 valence electrons. The highest BCUT2D eigenvalue weighted by atomic mass is 16.2. The van der Waals surface area contributed by atoms with Crippen molar-refractivity contribution >= 4 is 5.91 Å². The van der Waals surface area contributed by atoms with Crippen molar-refractivity contribution in [2.24, 2.45) is 11.5 Å². The number of nitrogens with two attached hydrogens (primary N) is 2. The summed E-state index contributed by atoms with van der Waals surface area (Å²) in [4.78, 5) is 13.6. The van der Waals surface area contributed by atoms with E-state index in [0.29, 0.717) is 0 Å². The fourth-order valence-corrected chi connectivity index (χ4v) is 1.62. The first-order valence-corrected chi connectivity index (χ1v) is 4.69. The van der Waals surface area contributed by atoms with E-state index in [0.717, 1.165) is 13.0 Å². The third-order valence-electron chi connectivity index (χ3n) is 2.63. The molecule has 1 fully saturated rings. The van der Waals surface area contributed by atoms with Crippen molar-refractivity contribution in [3.05, 3.63) is 0 Å². The van der Waals surface area contributed by atoms with Crippen LogP contribution >= 0.6 is 0 Å². The fourth-order valence-electron chi connectivity index (χ4n) is 1.62. The summed E-state index contributed by atoms with van der Waals surface area (Å²) >= 11 is 0. The van der Waals surface area contributed by atoms with E-state index < -0.39 is 5.54 Å². The average molecular weight is 185 g/mol. The maximum absolute atomic E-state index is 11.8. The molecule has 0 bridgehead atoms. The topological polar surface area (TPSA) is 72.3 Å². The zero-order valence-corrected chi connectivity index (χ0v) is 8.58. The van der Waals surface area contributed by atoms with Crippen molar-refractivity contribution < 1.29 is 4.79 Å². The molecule has 13 heavy (non-hydrogen) atoms. The maximum Gasteiger partial charge on any atom is 0.242 e. The second-order valence-corrected chi connectivity index (χ2v) is 4.41. The molecule has 4 N–H and O–H groups in total. The van der Waals surface area contributed by atoms with Crippen molar-refractivity contribution in [2.45, 2.75) is 44.8 Å². The molecule has 2 atom stereocenters. The molecule has 4 nitrogen and oxygen atoms in total. The van der Waals surface area contributed by atoms with E-state index in [-0.39, 0.29) is 18.0 Å². The van der Waals surface area contributed by atoms with Crippen LogP contribution in [0.4, 0.5) is 0 Å². The van der Waals surface area contributed by atoms with Gasteiger partial charge in [0.15, 0.2) is 0 Å². The van der Waals surface area contributed by atoms with E-state index in [1.807, 2.05) is 6.92 Å². The van der Waals surface area contributed by atoms with E-state index in [1.54, 1.807) is 18.7 Å². The lowest BCUT2D eigenvalue weighted by Gasteiger charge is -2.29. The summed E-state index contributed by atoms with van der Waals surface area (Å²) in [5.74, 6) is -0.00653. The van der Waals surface area contributed by atoms with Crippen LogP contribution in [-0.4, -0.2) is 35.0 Å². The molecule has 2 unspecified atom stereocenters. The summed E-state index contributed by atoms with van der Waals surface area (Å²) in [6, 6.07) is 0.224. The predicted molar refractivity (Wildman–Crippen MR) is 52.0 cm³/mol. The molecule has 0 spiro atoms. The molecule has 0 aromatic carbocycles. The number of nitrogens with zero attached hydrogens (tertiary/aromatic N) is 1. The van der Waals surface area contributed by atoms with Crippen molar-refractivity contribution in [1.29, 1.82) is 0 Å². The summed E-state index contributed by atoms with van der Waals surface area (Å²) in [6.45, 7) is 6.17. The number of rotatable bonds is 1. The zero-order valence-electron chi connectivity index (χ0n) is 8.58. The number of hydrogen-bond acceptors (Lipinski definition) is 3. The van der Waals surface area contributed by atoms with Gasteiger partial charge in [-0.2, -0.15) is 0 Å². The lowest BCUT2D eigenvalue weighted by Crippen LogP contribution is -2.53. The Balaban J connectivity index is 2.69. The van der Waals surface area contributed by atoms with Gasteiger partial charge >= 0.3 is 0 Å². The molecule has 4 heteroatoms. The molecule has 0 saturated carbocycles. The first-order chi connectivity index (χ1) is 5.84. The Hall–Kier alpha value is -0.610. The van der Waals surface area contributed by atoms with Gasteiger partial charge < -0.3 is 16.4 Å². The SMILES string of the molecule is CC1C(N)CCN1C(=O)C(C)(C)N. The fraction of sp³-hybridized carbons (Fsp3) is 0.889. The van der Waals surface area contributed by atoms with Crippen LogP contribution in [0.2, 0.25) is 0 Å². The molecular formula is C9H19N3O. The summed E-state index contributed by atoms with van der Waals surface area (Å²) < 4.78 is 0. The first-order valence-electron chi connectivity index (χ1n) is 4.69. The van der Waals surface area contributed by atoms with E-state index in [2.05, 4.69) is 0 Å². The molecule has 0 aliphatic carbocycles. The van der Waals surface area contributed by atoms with Crippen LogP contribution in [0, 0.1) is 0 Å². The van der Waals surface area contributed by atoms with Gasteiger partial charge in [0, 0.05) is 18.6 Å². The number of hydrogen-bond donors (Lipinski definition) is 2. The maximum atomic E-state index is 11.8. The molecule has 1 amide bonds. The zero-order chi connectivity index (χ0) is 10.2. The van der Waals surface area contributed by atoms with Crippen LogP contribution in [0.5, 0.6) is 0 Å². The Bertz CT molecular complexity index is 209. The quantitative estimate of drug-likeness (QED) is 0.587. The van der Waals surface area contributed by atoms with Gasteiger partial charge in [-0.15, -0.1) is 0 Å². The summed E-state index contributed by atoms with van der Waals surface area (Å²) in [7, 11) is 0. The van der Waals surface area contributed by atoms with Gasteiger partial charge in [-0.1, -0.05) is 0 Å². The third-order valence-corrected chi connectivity index (χ3v) is 2.63. The first kappa shape index (κ1) is 10.5. The van der Waals surface area contributed by atoms with E-state index in [1.165, 1.54) is 0 Å². The van der Waals surface area contributed by atoms with Gasteiger partial charge in [0.05, 0.1) is 5.54 Å². The number of carbonyl (C=O) groups is 1. The standard InChI is InChI=1S/C9H19N3O/c1-6-7(10)4-5-12(6)8(13)9(2,3)11/h6-7H,4-5,10-11H2,1-3H3. The van der Waals surface area contributed by atoms with Crippen LogP contribution in [0.15, 0.2) is 0 Å². The second-order valence-electron chi connectivity index (χ2n) is 4.41. The molecular weight excluding hydrogens is 166 g/mol. The number of carbonyl (C=O) groups excluding carboxylic acids is 1. The van der Waals surface area contributed by atoms with Crippen LogP contribution in [-0.2, 0) is 4.79 Å². The van der Waals surface area contributed by atoms with Gasteiger partial charge in [0.25, 0.3) is 0 Å². The largest absolute Gasteiger partial charge is 0.337 e. The van der Waals surface area contributed by atoms with Crippen molar-refractivity contribution in [3.8, 4) is 0 Å².